The Morgan fingerprint density at radius 2 is 1.55 bits per heavy atom. The van der Waals surface area contributed by atoms with Crippen molar-refractivity contribution < 1.29 is 16.8 Å². The van der Waals surface area contributed by atoms with Gasteiger partial charge in [-0.1, -0.05) is 35.4 Å². The summed E-state index contributed by atoms with van der Waals surface area (Å²) < 4.78 is 54.2. The van der Waals surface area contributed by atoms with E-state index < -0.39 is 25.1 Å². The fourth-order valence-corrected chi connectivity index (χ4v) is 5.67. The van der Waals surface area contributed by atoms with Crippen molar-refractivity contribution >= 4 is 31.5 Å². The third kappa shape index (κ3) is 5.02. The molecule has 3 rings (SSSR count). The van der Waals surface area contributed by atoms with Gasteiger partial charge in [0, 0.05) is 24.0 Å². The Hall–Kier alpha value is -2.26. The quantitative estimate of drug-likeness (QED) is 0.594. The molecule has 152 valence electrons. The highest BCUT2D eigenvalue weighted by molar-refractivity contribution is 7.92. The molecule has 3 aromatic rings. The molecule has 2 aromatic carbocycles. The van der Waals surface area contributed by atoms with E-state index in [1.807, 2.05) is 6.92 Å². The van der Waals surface area contributed by atoms with Crippen LogP contribution < -0.4 is 4.72 Å². The van der Waals surface area contributed by atoms with Gasteiger partial charge in [-0.3, -0.25) is 4.98 Å². The molecule has 9 heteroatoms. The van der Waals surface area contributed by atoms with E-state index in [0.717, 1.165) is 5.56 Å². The fraction of sp³-hybridized carbons (Fsp3) is 0.150. The molecule has 0 saturated carbocycles. The maximum absolute atomic E-state index is 13.3. The molecule has 0 unspecified atom stereocenters. The van der Waals surface area contributed by atoms with Crippen LogP contribution in [-0.4, -0.2) is 28.4 Å². The number of hydrogen-bond acceptors (Lipinski definition) is 5. The maximum atomic E-state index is 13.3. The molecule has 1 atom stereocenters. The summed E-state index contributed by atoms with van der Waals surface area (Å²) in [6.07, 6.45) is 2.95. The molecule has 0 bridgehead atoms. The van der Waals surface area contributed by atoms with Gasteiger partial charge in [0.15, 0.2) is 9.84 Å². The van der Waals surface area contributed by atoms with Crippen molar-refractivity contribution in [3.05, 3.63) is 89.2 Å². The number of aromatic nitrogens is 1. The maximum Gasteiger partial charge on any atom is 0.240 e. The Balaban J connectivity index is 1.95. The van der Waals surface area contributed by atoms with Gasteiger partial charge in [-0.15, -0.1) is 0 Å². The van der Waals surface area contributed by atoms with Crippen LogP contribution in [0, 0.1) is 6.92 Å². The molecule has 0 spiro atoms. The van der Waals surface area contributed by atoms with Crippen LogP contribution in [0.15, 0.2) is 82.8 Å². The van der Waals surface area contributed by atoms with Crippen LogP contribution in [-0.2, 0) is 19.9 Å². The second-order valence-electron chi connectivity index (χ2n) is 6.44. The number of halogens is 1. The number of sulfone groups is 1. The summed E-state index contributed by atoms with van der Waals surface area (Å²) in [4.78, 5) is 4.10. The third-order valence-corrected chi connectivity index (χ3v) is 8.17. The summed E-state index contributed by atoms with van der Waals surface area (Å²) in [7, 11) is -7.79. The lowest BCUT2D eigenvalue weighted by atomic mass is 10.2. The Bertz CT molecular complexity index is 1180. The van der Waals surface area contributed by atoms with Crippen molar-refractivity contribution in [1.29, 1.82) is 0 Å². The third-order valence-electron chi connectivity index (χ3n) is 4.36. The van der Waals surface area contributed by atoms with Crippen molar-refractivity contribution in [3.8, 4) is 0 Å². The number of sulfonamides is 1. The minimum absolute atomic E-state index is 0.000398. The molecule has 0 saturated heterocycles. The molecule has 1 heterocycles. The number of nitrogens with one attached hydrogen (secondary N) is 1. The fourth-order valence-electron chi connectivity index (χ4n) is 2.75. The molecule has 0 fully saturated rings. The van der Waals surface area contributed by atoms with E-state index in [-0.39, 0.29) is 16.3 Å². The van der Waals surface area contributed by atoms with Crippen molar-refractivity contribution in [2.24, 2.45) is 0 Å². The van der Waals surface area contributed by atoms with Gasteiger partial charge in [-0.05, 0) is 55.0 Å². The first-order valence-corrected chi connectivity index (χ1v) is 12.1. The average Bonchev–Trinajstić information content (AvgIpc) is 2.69. The van der Waals surface area contributed by atoms with Crippen LogP contribution >= 0.6 is 11.6 Å². The molecule has 0 aliphatic heterocycles. The van der Waals surface area contributed by atoms with Gasteiger partial charge in [0.05, 0.1) is 9.79 Å². The van der Waals surface area contributed by atoms with Crippen LogP contribution in [0.5, 0.6) is 0 Å². The van der Waals surface area contributed by atoms with Crippen LogP contribution in [0.3, 0.4) is 0 Å². The Kier molecular flexibility index (Phi) is 6.38. The van der Waals surface area contributed by atoms with E-state index in [1.54, 1.807) is 24.3 Å². The van der Waals surface area contributed by atoms with Gasteiger partial charge >= 0.3 is 0 Å². The van der Waals surface area contributed by atoms with E-state index in [1.165, 1.54) is 48.8 Å². The van der Waals surface area contributed by atoms with Crippen molar-refractivity contribution in [1.82, 2.24) is 9.71 Å². The molecule has 6 nitrogen and oxygen atoms in total. The number of hydrogen-bond donors (Lipinski definition) is 1. The van der Waals surface area contributed by atoms with Gasteiger partial charge < -0.3 is 0 Å². The van der Waals surface area contributed by atoms with Crippen molar-refractivity contribution in [3.63, 3.8) is 0 Å². The van der Waals surface area contributed by atoms with E-state index in [9.17, 15) is 16.8 Å². The zero-order valence-electron chi connectivity index (χ0n) is 15.5. The molecule has 1 N–H and O–H groups in total. The molecule has 0 amide bonds. The van der Waals surface area contributed by atoms with E-state index in [0.29, 0.717) is 10.6 Å². The molecular formula is C20H19ClN2O4S2. The molecule has 1 aromatic heterocycles. The summed E-state index contributed by atoms with van der Waals surface area (Å²) in [6.45, 7) is 1.52. The zero-order valence-corrected chi connectivity index (χ0v) is 17.9. The van der Waals surface area contributed by atoms with Gasteiger partial charge in [0.25, 0.3) is 0 Å². The summed E-state index contributed by atoms with van der Waals surface area (Å²) in [6, 6.07) is 15.3. The van der Waals surface area contributed by atoms with Gasteiger partial charge in [-0.25, -0.2) is 21.6 Å². The number of benzene rings is 2. The standard InChI is InChI=1S/C20H19ClN2O4S2/c1-15-4-8-18(9-5-15)28(24,25)20(16-3-2-12-22-13-16)14-23-29(26,27)19-10-6-17(21)7-11-19/h2-13,20,23H,14H2,1H3/t20-/m1/s1. The second-order valence-corrected chi connectivity index (χ2v) is 10.8. The largest absolute Gasteiger partial charge is 0.264 e. The lowest BCUT2D eigenvalue weighted by Gasteiger charge is -2.19. The van der Waals surface area contributed by atoms with Crippen LogP contribution in [0.2, 0.25) is 5.02 Å². The zero-order chi connectivity index (χ0) is 21.1. The van der Waals surface area contributed by atoms with Gasteiger partial charge in [-0.2, -0.15) is 0 Å². The van der Waals surface area contributed by atoms with Crippen molar-refractivity contribution in [2.45, 2.75) is 22.0 Å². The van der Waals surface area contributed by atoms with E-state index in [4.69, 9.17) is 11.6 Å². The van der Waals surface area contributed by atoms with Crippen molar-refractivity contribution in [2.75, 3.05) is 6.54 Å². The minimum Gasteiger partial charge on any atom is -0.264 e. The molecule has 0 aliphatic rings. The number of nitrogens with zero attached hydrogens (tertiary/aromatic N) is 1. The predicted molar refractivity (Wildman–Crippen MR) is 112 cm³/mol. The first-order valence-electron chi connectivity index (χ1n) is 8.66. The van der Waals surface area contributed by atoms with E-state index in [2.05, 4.69) is 9.71 Å². The molecular weight excluding hydrogens is 432 g/mol. The monoisotopic (exact) mass is 450 g/mol. The highest BCUT2D eigenvalue weighted by Crippen LogP contribution is 2.29. The highest BCUT2D eigenvalue weighted by Gasteiger charge is 2.31. The summed E-state index contributed by atoms with van der Waals surface area (Å²) >= 11 is 5.81. The van der Waals surface area contributed by atoms with E-state index >= 15 is 0 Å². The topological polar surface area (TPSA) is 93.2 Å². The normalized spacial score (nSPS) is 13.2. The predicted octanol–water partition coefficient (Wildman–Crippen LogP) is 3.54. The summed E-state index contributed by atoms with van der Waals surface area (Å²) in [5.74, 6) is 0. The SMILES string of the molecule is Cc1ccc(S(=O)(=O)[C@H](CNS(=O)(=O)c2ccc(Cl)cc2)c2cccnc2)cc1. The lowest BCUT2D eigenvalue weighted by Crippen LogP contribution is -2.32. The number of pyridine rings is 1. The summed E-state index contributed by atoms with van der Waals surface area (Å²) in [5, 5.41) is -0.736. The Morgan fingerprint density at radius 3 is 2.14 bits per heavy atom. The Labute approximate surface area is 175 Å². The summed E-state index contributed by atoms with van der Waals surface area (Å²) in [5.41, 5.74) is 1.32. The highest BCUT2D eigenvalue weighted by atomic mass is 35.5. The number of aryl methyl sites for hydroxylation is 1. The molecule has 0 aliphatic carbocycles. The smallest absolute Gasteiger partial charge is 0.240 e. The van der Waals surface area contributed by atoms with Gasteiger partial charge in [0.1, 0.15) is 5.25 Å². The number of rotatable bonds is 7. The molecule has 29 heavy (non-hydrogen) atoms. The van der Waals surface area contributed by atoms with Gasteiger partial charge in [0.2, 0.25) is 10.0 Å². The second kappa shape index (κ2) is 8.62. The first-order chi connectivity index (χ1) is 13.7. The van der Waals surface area contributed by atoms with Crippen LogP contribution in [0.4, 0.5) is 0 Å². The average molecular weight is 451 g/mol. The Morgan fingerprint density at radius 1 is 0.931 bits per heavy atom. The first kappa shape index (κ1) is 21.4. The lowest BCUT2D eigenvalue weighted by molar-refractivity contribution is 0.568. The van der Waals surface area contributed by atoms with Crippen LogP contribution in [0.1, 0.15) is 16.4 Å². The minimum atomic E-state index is -3.92. The van der Waals surface area contributed by atoms with Crippen LogP contribution in [0.25, 0.3) is 0 Å². The molecule has 0 radical (unpaired) electrons.